The molecule has 4 heteroatoms. The molecule has 1 aromatic carbocycles. The maximum absolute atomic E-state index is 8.71. The highest BCUT2D eigenvalue weighted by atomic mass is 32.2. The Hall–Kier alpha value is -1.15. The molecule has 1 unspecified atom stereocenters. The number of aliphatic hydroxyl groups excluding tert-OH is 1. The van der Waals surface area contributed by atoms with Crippen LogP contribution in [-0.2, 0) is 0 Å². The number of thioether (sulfide) groups is 1. The van der Waals surface area contributed by atoms with Crippen molar-refractivity contribution in [1.29, 1.82) is 0 Å². The standard InChI is InChI=1S/C17H23NO2S/c1-2-17-14-18(9-12-21-17)8-11-20-16-7-3-5-15(13-16)6-4-10-19/h3,5,7,13,17,19H,2,8-12,14H2,1H3. The van der Waals surface area contributed by atoms with Gasteiger partial charge in [0.05, 0.1) is 0 Å². The van der Waals surface area contributed by atoms with Gasteiger partial charge in [-0.3, -0.25) is 4.90 Å². The van der Waals surface area contributed by atoms with Crippen LogP contribution in [-0.4, -0.2) is 53.9 Å². The topological polar surface area (TPSA) is 32.7 Å². The second kappa shape index (κ2) is 8.99. The Morgan fingerprint density at radius 3 is 3.19 bits per heavy atom. The Morgan fingerprint density at radius 2 is 2.38 bits per heavy atom. The van der Waals surface area contributed by atoms with Crippen molar-refractivity contribution < 1.29 is 9.84 Å². The number of ether oxygens (including phenoxy) is 1. The van der Waals surface area contributed by atoms with Crippen LogP contribution in [0.4, 0.5) is 0 Å². The van der Waals surface area contributed by atoms with Gasteiger partial charge in [0.1, 0.15) is 19.0 Å². The van der Waals surface area contributed by atoms with Gasteiger partial charge in [-0.05, 0) is 24.6 Å². The molecule has 3 nitrogen and oxygen atoms in total. The summed E-state index contributed by atoms with van der Waals surface area (Å²) in [6.45, 7) is 6.16. The average Bonchev–Trinajstić information content (AvgIpc) is 2.53. The Bertz CT molecular complexity index is 495. The largest absolute Gasteiger partial charge is 0.492 e. The van der Waals surface area contributed by atoms with Crippen molar-refractivity contribution in [2.75, 3.05) is 38.6 Å². The van der Waals surface area contributed by atoms with Crippen LogP contribution in [0, 0.1) is 11.8 Å². The maximum atomic E-state index is 8.71. The highest BCUT2D eigenvalue weighted by molar-refractivity contribution is 8.00. The van der Waals surface area contributed by atoms with Crippen LogP contribution in [0.3, 0.4) is 0 Å². The molecule has 1 aliphatic heterocycles. The molecule has 0 aliphatic carbocycles. The monoisotopic (exact) mass is 305 g/mol. The summed E-state index contributed by atoms with van der Waals surface area (Å²) in [7, 11) is 0. The van der Waals surface area contributed by atoms with Gasteiger partial charge in [-0.15, -0.1) is 0 Å². The van der Waals surface area contributed by atoms with Crippen LogP contribution in [0.5, 0.6) is 5.75 Å². The molecule has 1 N–H and O–H groups in total. The summed E-state index contributed by atoms with van der Waals surface area (Å²) in [4.78, 5) is 2.49. The summed E-state index contributed by atoms with van der Waals surface area (Å²) >= 11 is 2.09. The van der Waals surface area contributed by atoms with Crippen LogP contribution >= 0.6 is 11.8 Å². The van der Waals surface area contributed by atoms with E-state index in [0.29, 0.717) is 6.61 Å². The van der Waals surface area contributed by atoms with Crippen molar-refractivity contribution in [3.05, 3.63) is 29.8 Å². The molecule has 114 valence electrons. The van der Waals surface area contributed by atoms with Gasteiger partial charge in [-0.1, -0.05) is 24.8 Å². The van der Waals surface area contributed by atoms with Crippen molar-refractivity contribution in [2.24, 2.45) is 0 Å². The molecule has 1 fully saturated rings. The van der Waals surface area contributed by atoms with E-state index in [0.717, 1.165) is 29.7 Å². The van der Waals surface area contributed by atoms with Gasteiger partial charge in [0.2, 0.25) is 0 Å². The van der Waals surface area contributed by atoms with Crippen LogP contribution in [0.25, 0.3) is 0 Å². The molecule has 1 aliphatic rings. The molecule has 1 saturated heterocycles. The quantitative estimate of drug-likeness (QED) is 0.846. The van der Waals surface area contributed by atoms with Gasteiger partial charge < -0.3 is 9.84 Å². The predicted molar refractivity (Wildman–Crippen MR) is 88.9 cm³/mol. The molecule has 1 heterocycles. The van der Waals surface area contributed by atoms with Crippen LogP contribution in [0.2, 0.25) is 0 Å². The van der Waals surface area contributed by atoms with E-state index in [9.17, 15) is 0 Å². The molecule has 0 bridgehead atoms. The highest BCUT2D eigenvalue weighted by Crippen LogP contribution is 2.21. The molecule has 0 radical (unpaired) electrons. The summed E-state index contributed by atoms with van der Waals surface area (Å²) in [5, 5.41) is 9.49. The van der Waals surface area contributed by atoms with Crippen LogP contribution < -0.4 is 4.74 Å². The lowest BCUT2D eigenvalue weighted by Gasteiger charge is -2.31. The van der Waals surface area contributed by atoms with E-state index in [4.69, 9.17) is 9.84 Å². The van der Waals surface area contributed by atoms with Gasteiger partial charge in [-0.2, -0.15) is 11.8 Å². The minimum Gasteiger partial charge on any atom is -0.492 e. The van der Waals surface area contributed by atoms with E-state index in [2.05, 4.69) is 35.4 Å². The van der Waals surface area contributed by atoms with Crippen molar-refractivity contribution in [1.82, 2.24) is 4.90 Å². The zero-order valence-electron chi connectivity index (χ0n) is 12.5. The van der Waals surface area contributed by atoms with Gasteiger partial charge in [0, 0.05) is 36.2 Å². The van der Waals surface area contributed by atoms with E-state index in [1.807, 2.05) is 24.3 Å². The highest BCUT2D eigenvalue weighted by Gasteiger charge is 2.18. The maximum Gasteiger partial charge on any atom is 0.120 e. The normalized spacial score (nSPS) is 18.9. The molecular weight excluding hydrogens is 282 g/mol. The van der Waals surface area contributed by atoms with E-state index in [1.165, 1.54) is 18.7 Å². The van der Waals surface area contributed by atoms with Crippen molar-refractivity contribution >= 4 is 11.8 Å². The zero-order valence-corrected chi connectivity index (χ0v) is 13.4. The van der Waals surface area contributed by atoms with E-state index in [-0.39, 0.29) is 6.61 Å². The molecular formula is C17H23NO2S. The summed E-state index contributed by atoms with van der Waals surface area (Å²) in [6, 6.07) is 7.72. The van der Waals surface area contributed by atoms with Gasteiger partial charge in [-0.25, -0.2) is 0 Å². The third kappa shape index (κ3) is 5.62. The number of benzene rings is 1. The third-order valence-corrected chi connectivity index (χ3v) is 4.87. The summed E-state index contributed by atoms with van der Waals surface area (Å²) < 4.78 is 5.82. The number of hydrogen-bond acceptors (Lipinski definition) is 4. The first kappa shape index (κ1) is 16.2. The first-order valence-electron chi connectivity index (χ1n) is 7.48. The molecule has 1 atom stereocenters. The molecule has 21 heavy (non-hydrogen) atoms. The fourth-order valence-corrected chi connectivity index (χ4v) is 3.58. The first-order chi connectivity index (χ1) is 10.3. The smallest absolute Gasteiger partial charge is 0.120 e. The lowest BCUT2D eigenvalue weighted by Crippen LogP contribution is -2.39. The van der Waals surface area contributed by atoms with Crippen molar-refractivity contribution in [3.63, 3.8) is 0 Å². The lowest BCUT2D eigenvalue weighted by atomic mass is 10.2. The van der Waals surface area contributed by atoms with Gasteiger partial charge >= 0.3 is 0 Å². The predicted octanol–water partition coefficient (Wildman–Crippen LogP) is 2.24. The average molecular weight is 305 g/mol. The number of nitrogens with zero attached hydrogens (tertiary/aromatic N) is 1. The van der Waals surface area contributed by atoms with E-state index < -0.39 is 0 Å². The second-order valence-electron chi connectivity index (χ2n) is 5.04. The van der Waals surface area contributed by atoms with Gasteiger partial charge in [0.25, 0.3) is 0 Å². The number of rotatable bonds is 5. The Balaban J connectivity index is 1.78. The number of aliphatic hydroxyl groups is 1. The molecule has 0 spiro atoms. The molecule has 2 rings (SSSR count). The Labute approximate surface area is 131 Å². The Morgan fingerprint density at radius 1 is 1.48 bits per heavy atom. The van der Waals surface area contributed by atoms with Gasteiger partial charge in [0.15, 0.2) is 0 Å². The summed E-state index contributed by atoms with van der Waals surface area (Å²) in [6.07, 6.45) is 1.24. The van der Waals surface area contributed by atoms with E-state index >= 15 is 0 Å². The molecule has 0 aromatic heterocycles. The van der Waals surface area contributed by atoms with Crippen LogP contribution in [0.15, 0.2) is 24.3 Å². The third-order valence-electron chi connectivity index (χ3n) is 3.50. The van der Waals surface area contributed by atoms with Crippen LogP contribution in [0.1, 0.15) is 18.9 Å². The molecule has 0 saturated carbocycles. The minimum atomic E-state index is -0.114. The number of hydrogen-bond donors (Lipinski definition) is 1. The molecule has 1 aromatic rings. The lowest BCUT2D eigenvalue weighted by molar-refractivity contribution is 0.212. The SMILES string of the molecule is CCC1CN(CCOc2cccc(C#CCO)c2)CCS1. The summed E-state index contributed by atoms with van der Waals surface area (Å²) in [5.74, 6) is 7.62. The van der Waals surface area contributed by atoms with E-state index in [1.54, 1.807) is 0 Å². The Kier molecular flexibility index (Phi) is 6.94. The van der Waals surface area contributed by atoms with Crippen molar-refractivity contribution in [3.8, 4) is 17.6 Å². The zero-order chi connectivity index (χ0) is 14.9. The molecule has 0 amide bonds. The fourth-order valence-electron chi connectivity index (χ4n) is 2.33. The first-order valence-corrected chi connectivity index (χ1v) is 8.53. The summed E-state index contributed by atoms with van der Waals surface area (Å²) in [5.41, 5.74) is 0.877. The fraction of sp³-hybridized carbons (Fsp3) is 0.529. The minimum absolute atomic E-state index is 0.114. The van der Waals surface area contributed by atoms with Crippen molar-refractivity contribution in [2.45, 2.75) is 18.6 Å². The second-order valence-corrected chi connectivity index (χ2v) is 6.45.